The van der Waals surface area contributed by atoms with Crippen molar-refractivity contribution in [2.75, 3.05) is 25.5 Å². The molecular weight excluding hydrogens is 247 g/mol. The van der Waals surface area contributed by atoms with E-state index in [9.17, 15) is 9.18 Å². The van der Waals surface area contributed by atoms with Gasteiger partial charge in [-0.1, -0.05) is 0 Å². The molecule has 1 amide bonds. The molecule has 0 aromatic heterocycles. The van der Waals surface area contributed by atoms with Crippen molar-refractivity contribution in [1.82, 2.24) is 5.32 Å². The summed E-state index contributed by atoms with van der Waals surface area (Å²) in [6.07, 6.45) is 2.20. The maximum absolute atomic E-state index is 12.7. The first-order valence-electron chi connectivity index (χ1n) is 6.49. The highest BCUT2D eigenvalue weighted by molar-refractivity contribution is 5.91. The zero-order valence-corrected chi connectivity index (χ0v) is 11.0. The van der Waals surface area contributed by atoms with Crippen LogP contribution in [0, 0.1) is 11.7 Å². The van der Waals surface area contributed by atoms with Gasteiger partial charge in [-0.05, 0) is 56.6 Å². The van der Waals surface area contributed by atoms with Crippen LogP contribution in [0.4, 0.5) is 10.1 Å². The van der Waals surface area contributed by atoms with Gasteiger partial charge in [0, 0.05) is 5.69 Å². The van der Waals surface area contributed by atoms with Gasteiger partial charge in [-0.3, -0.25) is 4.79 Å². The van der Waals surface area contributed by atoms with E-state index < -0.39 is 0 Å². The molecule has 4 nitrogen and oxygen atoms in total. The average molecular weight is 266 g/mol. The first kappa shape index (κ1) is 14.0. The number of amides is 1. The van der Waals surface area contributed by atoms with Crippen LogP contribution in [0.2, 0.25) is 0 Å². The molecule has 0 aliphatic heterocycles. The number of nitrogens with one attached hydrogen (secondary N) is 2. The summed E-state index contributed by atoms with van der Waals surface area (Å²) in [5, 5.41) is 5.79. The summed E-state index contributed by atoms with van der Waals surface area (Å²) in [5.74, 6) is 0.137. The van der Waals surface area contributed by atoms with Crippen LogP contribution in [0.15, 0.2) is 24.3 Å². The van der Waals surface area contributed by atoms with Crippen LogP contribution in [-0.2, 0) is 9.53 Å². The third kappa shape index (κ3) is 4.29. The first-order valence-corrected chi connectivity index (χ1v) is 6.49. The fourth-order valence-corrected chi connectivity index (χ4v) is 2.19. The molecule has 1 saturated carbocycles. The van der Waals surface area contributed by atoms with E-state index >= 15 is 0 Å². The zero-order chi connectivity index (χ0) is 13.7. The van der Waals surface area contributed by atoms with Crippen LogP contribution < -0.4 is 10.6 Å². The van der Waals surface area contributed by atoms with Gasteiger partial charge in [0.25, 0.3) is 0 Å². The fourth-order valence-electron chi connectivity index (χ4n) is 2.19. The van der Waals surface area contributed by atoms with E-state index in [1.807, 2.05) is 7.05 Å². The van der Waals surface area contributed by atoms with Gasteiger partial charge in [0.1, 0.15) is 12.4 Å². The molecule has 2 rings (SSSR count). The lowest BCUT2D eigenvalue weighted by Gasteiger charge is -2.34. The molecule has 1 aliphatic carbocycles. The van der Waals surface area contributed by atoms with Crippen molar-refractivity contribution < 1.29 is 13.9 Å². The van der Waals surface area contributed by atoms with E-state index in [0.717, 1.165) is 19.4 Å². The fraction of sp³-hybridized carbons (Fsp3) is 0.500. The molecule has 19 heavy (non-hydrogen) atoms. The number of carbonyl (C=O) groups is 1. The highest BCUT2D eigenvalue weighted by atomic mass is 19.1. The smallest absolute Gasteiger partial charge is 0.250 e. The van der Waals surface area contributed by atoms with Crippen LogP contribution >= 0.6 is 0 Å². The van der Waals surface area contributed by atoms with Gasteiger partial charge in [0.2, 0.25) is 5.91 Å². The van der Waals surface area contributed by atoms with Crippen LogP contribution in [0.3, 0.4) is 0 Å². The molecule has 1 aromatic rings. The first-order chi connectivity index (χ1) is 9.17. The molecule has 1 fully saturated rings. The third-order valence-electron chi connectivity index (χ3n) is 3.26. The van der Waals surface area contributed by atoms with Crippen molar-refractivity contribution in [1.29, 1.82) is 0 Å². The highest BCUT2D eigenvalue weighted by Crippen LogP contribution is 2.29. The molecule has 0 atom stereocenters. The summed E-state index contributed by atoms with van der Waals surface area (Å²) in [4.78, 5) is 11.6. The average Bonchev–Trinajstić information content (AvgIpc) is 2.35. The van der Waals surface area contributed by atoms with Crippen molar-refractivity contribution in [2.24, 2.45) is 5.92 Å². The Kier molecular flexibility index (Phi) is 4.87. The Morgan fingerprint density at radius 3 is 2.68 bits per heavy atom. The minimum atomic E-state index is -0.320. The topological polar surface area (TPSA) is 50.4 Å². The number of rotatable bonds is 6. The zero-order valence-electron chi connectivity index (χ0n) is 11.0. The van der Waals surface area contributed by atoms with Crippen molar-refractivity contribution in [3.05, 3.63) is 30.1 Å². The lowest BCUT2D eigenvalue weighted by Crippen LogP contribution is -2.38. The Bertz CT molecular complexity index is 416. The lowest BCUT2D eigenvalue weighted by molar-refractivity contribution is -0.125. The van der Waals surface area contributed by atoms with E-state index in [-0.39, 0.29) is 24.4 Å². The van der Waals surface area contributed by atoms with Crippen molar-refractivity contribution in [2.45, 2.75) is 18.9 Å². The molecule has 104 valence electrons. The largest absolute Gasteiger partial charge is 0.368 e. The summed E-state index contributed by atoms with van der Waals surface area (Å²) in [7, 11) is 1.93. The standard InChI is InChI=1S/C14H19FN2O2/c1-16-8-10-6-13(7-10)19-9-14(18)17-12-4-2-11(15)3-5-12/h2-5,10,13,16H,6-9H2,1H3,(H,17,18). The number of hydrogen-bond acceptors (Lipinski definition) is 3. The van der Waals surface area contributed by atoms with Crippen LogP contribution in [-0.4, -0.2) is 32.2 Å². The van der Waals surface area contributed by atoms with Gasteiger partial charge in [-0.15, -0.1) is 0 Å². The van der Waals surface area contributed by atoms with E-state index in [1.165, 1.54) is 24.3 Å². The van der Waals surface area contributed by atoms with Gasteiger partial charge >= 0.3 is 0 Å². The Morgan fingerprint density at radius 1 is 1.37 bits per heavy atom. The normalized spacial score (nSPS) is 21.8. The Labute approximate surface area is 112 Å². The van der Waals surface area contributed by atoms with Crippen molar-refractivity contribution in [3.63, 3.8) is 0 Å². The summed E-state index contributed by atoms with van der Waals surface area (Å²) in [6.45, 7) is 1.05. The number of hydrogen-bond donors (Lipinski definition) is 2. The molecular formula is C14H19FN2O2. The Hall–Kier alpha value is -1.46. The van der Waals surface area contributed by atoms with Crippen LogP contribution in [0.1, 0.15) is 12.8 Å². The van der Waals surface area contributed by atoms with Gasteiger partial charge < -0.3 is 15.4 Å². The minimum absolute atomic E-state index is 0.0499. The second-order valence-electron chi connectivity index (χ2n) is 4.88. The van der Waals surface area contributed by atoms with E-state index in [0.29, 0.717) is 11.6 Å². The quantitative estimate of drug-likeness (QED) is 0.825. The second-order valence-corrected chi connectivity index (χ2v) is 4.88. The second kappa shape index (κ2) is 6.63. The number of carbonyl (C=O) groups excluding carboxylic acids is 1. The Morgan fingerprint density at radius 2 is 2.05 bits per heavy atom. The van der Waals surface area contributed by atoms with Crippen molar-refractivity contribution in [3.8, 4) is 0 Å². The molecule has 0 radical (unpaired) electrons. The van der Waals surface area contributed by atoms with Gasteiger partial charge in [0.05, 0.1) is 6.10 Å². The maximum Gasteiger partial charge on any atom is 0.250 e. The molecule has 0 saturated heterocycles. The van der Waals surface area contributed by atoms with E-state index in [1.54, 1.807) is 0 Å². The highest BCUT2D eigenvalue weighted by Gasteiger charge is 2.29. The van der Waals surface area contributed by atoms with Gasteiger partial charge in [0.15, 0.2) is 0 Å². The summed E-state index contributed by atoms with van der Waals surface area (Å²) in [5.41, 5.74) is 0.580. The molecule has 1 aromatic carbocycles. The lowest BCUT2D eigenvalue weighted by atomic mass is 9.82. The molecule has 1 aliphatic rings. The number of ether oxygens (including phenoxy) is 1. The predicted molar refractivity (Wildman–Crippen MR) is 71.4 cm³/mol. The van der Waals surface area contributed by atoms with Crippen LogP contribution in [0.25, 0.3) is 0 Å². The van der Waals surface area contributed by atoms with E-state index in [4.69, 9.17) is 4.74 Å². The monoisotopic (exact) mass is 266 g/mol. The SMILES string of the molecule is CNCC1CC(OCC(=O)Nc2ccc(F)cc2)C1. The molecule has 2 N–H and O–H groups in total. The van der Waals surface area contributed by atoms with Gasteiger partial charge in [-0.2, -0.15) is 0 Å². The summed E-state index contributed by atoms with van der Waals surface area (Å²) < 4.78 is 18.2. The summed E-state index contributed by atoms with van der Waals surface area (Å²) in [6, 6.07) is 5.68. The summed E-state index contributed by atoms with van der Waals surface area (Å²) >= 11 is 0. The van der Waals surface area contributed by atoms with E-state index in [2.05, 4.69) is 10.6 Å². The Balaban J connectivity index is 1.64. The van der Waals surface area contributed by atoms with Gasteiger partial charge in [-0.25, -0.2) is 4.39 Å². The van der Waals surface area contributed by atoms with Crippen molar-refractivity contribution >= 4 is 11.6 Å². The minimum Gasteiger partial charge on any atom is -0.368 e. The molecule has 0 unspecified atom stereocenters. The number of benzene rings is 1. The predicted octanol–water partition coefficient (Wildman–Crippen LogP) is 1.78. The number of anilines is 1. The van der Waals surface area contributed by atoms with Crippen LogP contribution in [0.5, 0.6) is 0 Å². The molecule has 0 heterocycles. The molecule has 5 heteroatoms. The molecule has 0 spiro atoms. The number of halogens is 1. The third-order valence-corrected chi connectivity index (χ3v) is 3.26. The molecule has 0 bridgehead atoms. The maximum atomic E-state index is 12.7.